The van der Waals surface area contributed by atoms with Gasteiger partial charge in [0.15, 0.2) is 0 Å². The minimum Gasteiger partial charge on any atom is -0.383 e. The zero-order chi connectivity index (χ0) is 11.3. The van der Waals surface area contributed by atoms with Gasteiger partial charge < -0.3 is 10.1 Å². The van der Waals surface area contributed by atoms with Gasteiger partial charge in [0.1, 0.15) is 0 Å². The fourth-order valence-electron chi connectivity index (χ4n) is 2.07. The van der Waals surface area contributed by atoms with Crippen LogP contribution in [0, 0.1) is 5.41 Å². The van der Waals surface area contributed by atoms with Gasteiger partial charge in [0.25, 0.3) is 0 Å². The van der Waals surface area contributed by atoms with E-state index in [9.17, 15) is 0 Å². The summed E-state index contributed by atoms with van der Waals surface area (Å²) in [6.07, 6.45) is 6.12. The standard InChI is InChI=1S/C13H25NO/c1-13(2,3)11-5-7-12(8-6-11)14-9-10-15-4/h5,12,14H,6-10H2,1-4H3/t12-/m1/s1. The fourth-order valence-corrected chi connectivity index (χ4v) is 2.07. The van der Waals surface area contributed by atoms with E-state index in [4.69, 9.17) is 4.74 Å². The summed E-state index contributed by atoms with van der Waals surface area (Å²) in [6, 6.07) is 0.659. The van der Waals surface area contributed by atoms with Crippen molar-refractivity contribution in [1.82, 2.24) is 5.32 Å². The zero-order valence-corrected chi connectivity index (χ0v) is 10.6. The Balaban J connectivity index is 2.31. The molecule has 0 radical (unpaired) electrons. The molecule has 1 aliphatic carbocycles. The van der Waals surface area contributed by atoms with Crippen molar-refractivity contribution in [3.8, 4) is 0 Å². The van der Waals surface area contributed by atoms with Gasteiger partial charge in [0.2, 0.25) is 0 Å². The topological polar surface area (TPSA) is 21.3 Å². The number of allylic oxidation sites excluding steroid dienone is 1. The summed E-state index contributed by atoms with van der Waals surface area (Å²) >= 11 is 0. The van der Waals surface area contributed by atoms with Crippen LogP contribution in [0.5, 0.6) is 0 Å². The maximum Gasteiger partial charge on any atom is 0.0587 e. The first kappa shape index (κ1) is 12.7. The first-order valence-electron chi connectivity index (χ1n) is 5.96. The number of nitrogens with one attached hydrogen (secondary N) is 1. The molecule has 2 heteroatoms. The van der Waals surface area contributed by atoms with Gasteiger partial charge in [0.05, 0.1) is 6.61 Å². The molecule has 0 fully saturated rings. The molecule has 1 rings (SSSR count). The number of ether oxygens (including phenoxy) is 1. The summed E-state index contributed by atoms with van der Waals surface area (Å²) in [4.78, 5) is 0. The molecule has 1 N–H and O–H groups in total. The van der Waals surface area contributed by atoms with Crippen LogP contribution < -0.4 is 5.32 Å². The molecule has 0 spiro atoms. The van der Waals surface area contributed by atoms with E-state index in [0.717, 1.165) is 13.2 Å². The van der Waals surface area contributed by atoms with Gasteiger partial charge in [-0.2, -0.15) is 0 Å². The largest absolute Gasteiger partial charge is 0.383 e. The lowest BCUT2D eigenvalue weighted by Crippen LogP contribution is -2.33. The first-order chi connectivity index (χ1) is 7.04. The number of hydrogen-bond acceptors (Lipinski definition) is 2. The Morgan fingerprint density at radius 1 is 1.47 bits per heavy atom. The van der Waals surface area contributed by atoms with Crippen molar-refractivity contribution in [3.63, 3.8) is 0 Å². The highest BCUT2D eigenvalue weighted by Gasteiger charge is 2.21. The van der Waals surface area contributed by atoms with Crippen LogP contribution in [0.25, 0.3) is 0 Å². The summed E-state index contributed by atoms with van der Waals surface area (Å²) in [6.45, 7) is 8.69. The Kier molecular flexibility index (Phi) is 4.81. The van der Waals surface area contributed by atoms with Crippen molar-refractivity contribution in [2.45, 2.75) is 46.1 Å². The second kappa shape index (κ2) is 5.66. The average Bonchev–Trinajstić information content (AvgIpc) is 2.18. The zero-order valence-electron chi connectivity index (χ0n) is 10.6. The van der Waals surface area contributed by atoms with Crippen molar-refractivity contribution >= 4 is 0 Å². The SMILES string of the molecule is COCCN[C@@H]1CC=C(C(C)(C)C)CC1. The molecule has 0 saturated carbocycles. The van der Waals surface area contributed by atoms with Gasteiger partial charge in [-0.25, -0.2) is 0 Å². The second-order valence-corrected chi connectivity index (χ2v) is 5.40. The molecule has 0 aromatic rings. The highest BCUT2D eigenvalue weighted by Crippen LogP contribution is 2.32. The molecule has 0 unspecified atom stereocenters. The molecule has 0 bridgehead atoms. The third-order valence-corrected chi connectivity index (χ3v) is 3.11. The van der Waals surface area contributed by atoms with E-state index in [1.54, 1.807) is 12.7 Å². The van der Waals surface area contributed by atoms with Crippen molar-refractivity contribution in [1.29, 1.82) is 0 Å². The number of methoxy groups -OCH3 is 1. The van der Waals surface area contributed by atoms with E-state index < -0.39 is 0 Å². The molecule has 88 valence electrons. The van der Waals surface area contributed by atoms with Crippen LogP contribution in [0.3, 0.4) is 0 Å². The molecule has 0 amide bonds. The predicted molar refractivity (Wildman–Crippen MR) is 65.1 cm³/mol. The molecule has 15 heavy (non-hydrogen) atoms. The molecule has 0 aliphatic heterocycles. The summed E-state index contributed by atoms with van der Waals surface area (Å²) in [7, 11) is 1.75. The van der Waals surface area contributed by atoms with E-state index in [2.05, 4.69) is 32.2 Å². The smallest absolute Gasteiger partial charge is 0.0587 e. The van der Waals surface area contributed by atoms with Gasteiger partial charge in [-0.05, 0) is 24.7 Å². The number of hydrogen-bond donors (Lipinski definition) is 1. The van der Waals surface area contributed by atoms with Crippen LogP contribution in [0.15, 0.2) is 11.6 Å². The Labute approximate surface area is 94.1 Å². The highest BCUT2D eigenvalue weighted by molar-refractivity contribution is 5.14. The monoisotopic (exact) mass is 211 g/mol. The van der Waals surface area contributed by atoms with E-state index in [-0.39, 0.29) is 0 Å². The van der Waals surface area contributed by atoms with Crippen LogP contribution in [-0.2, 0) is 4.74 Å². The Morgan fingerprint density at radius 2 is 2.20 bits per heavy atom. The van der Waals surface area contributed by atoms with Gasteiger partial charge in [-0.3, -0.25) is 0 Å². The molecule has 0 heterocycles. The van der Waals surface area contributed by atoms with Crippen LogP contribution in [-0.4, -0.2) is 26.3 Å². The third-order valence-electron chi connectivity index (χ3n) is 3.11. The van der Waals surface area contributed by atoms with Crippen LogP contribution in [0.2, 0.25) is 0 Å². The molecule has 1 atom stereocenters. The highest BCUT2D eigenvalue weighted by atomic mass is 16.5. The molecule has 0 aromatic heterocycles. The second-order valence-electron chi connectivity index (χ2n) is 5.40. The first-order valence-corrected chi connectivity index (χ1v) is 5.96. The van der Waals surface area contributed by atoms with Crippen LogP contribution >= 0.6 is 0 Å². The Morgan fingerprint density at radius 3 is 2.67 bits per heavy atom. The summed E-state index contributed by atoms with van der Waals surface area (Å²) in [5.74, 6) is 0. The van der Waals surface area contributed by atoms with E-state index in [1.807, 2.05) is 0 Å². The molecule has 0 aromatic carbocycles. The van der Waals surface area contributed by atoms with Crippen molar-refractivity contribution in [3.05, 3.63) is 11.6 Å². The Hall–Kier alpha value is -0.340. The van der Waals surface area contributed by atoms with Crippen LogP contribution in [0.1, 0.15) is 40.0 Å². The average molecular weight is 211 g/mol. The number of rotatable bonds is 4. The lowest BCUT2D eigenvalue weighted by Gasteiger charge is -2.30. The maximum atomic E-state index is 5.03. The van der Waals surface area contributed by atoms with Gasteiger partial charge in [0, 0.05) is 19.7 Å². The van der Waals surface area contributed by atoms with Gasteiger partial charge in [-0.1, -0.05) is 32.4 Å². The summed E-state index contributed by atoms with van der Waals surface area (Å²) < 4.78 is 5.03. The normalized spacial score (nSPS) is 22.7. The quantitative estimate of drug-likeness (QED) is 0.570. The van der Waals surface area contributed by atoms with Gasteiger partial charge in [-0.15, -0.1) is 0 Å². The van der Waals surface area contributed by atoms with Crippen molar-refractivity contribution in [2.75, 3.05) is 20.3 Å². The van der Waals surface area contributed by atoms with E-state index >= 15 is 0 Å². The molecular weight excluding hydrogens is 186 g/mol. The lowest BCUT2D eigenvalue weighted by atomic mass is 9.79. The van der Waals surface area contributed by atoms with Gasteiger partial charge >= 0.3 is 0 Å². The fraction of sp³-hybridized carbons (Fsp3) is 0.846. The molecular formula is C13H25NO. The third kappa shape index (κ3) is 4.35. The minimum atomic E-state index is 0.359. The summed E-state index contributed by atoms with van der Waals surface area (Å²) in [5.41, 5.74) is 1.98. The molecule has 0 saturated heterocycles. The molecule has 2 nitrogen and oxygen atoms in total. The Bertz CT molecular complexity index is 215. The minimum absolute atomic E-state index is 0.359. The van der Waals surface area contributed by atoms with E-state index in [1.165, 1.54) is 19.3 Å². The van der Waals surface area contributed by atoms with Crippen molar-refractivity contribution < 1.29 is 4.74 Å². The van der Waals surface area contributed by atoms with E-state index in [0.29, 0.717) is 11.5 Å². The lowest BCUT2D eigenvalue weighted by molar-refractivity contribution is 0.194. The van der Waals surface area contributed by atoms with Crippen molar-refractivity contribution in [2.24, 2.45) is 5.41 Å². The molecule has 1 aliphatic rings. The maximum absolute atomic E-state index is 5.03. The summed E-state index contributed by atoms with van der Waals surface area (Å²) in [5, 5.41) is 3.52. The van der Waals surface area contributed by atoms with Crippen LogP contribution in [0.4, 0.5) is 0 Å². The predicted octanol–water partition coefficient (Wildman–Crippen LogP) is 2.75.